The molecule has 1 fully saturated rings. The van der Waals surface area contributed by atoms with Crippen molar-refractivity contribution in [1.29, 1.82) is 0 Å². The number of rotatable bonds is 5. The van der Waals surface area contributed by atoms with Crippen LogP contribution in [0.15, 0.2) is 42.5 Å². The zero-order valence-electron chi connectivity index (χ0n) is 14.8. The van der Waals surface area contributed by atoms with Gasteiger partial charge in [0.05, 0.1) is 0 Å². The summed E-state index contributed by atoms with van der Waals surface area (Å²) in [5, 5.41) is 6.04. The van der Waals surface area contributed by atoms with Crippen LogP contribution in [0.25, 0.3) is 0 Å². The number of hydrogen-bond acceptors (Lipinski definition) is 3. The summed E-state index contributed by atoms with van der Waals surface area (Å²) in [7, 11) is 0. The molecule has 0 bridgehead atoms. The van der Waals surface area contributed by atoms with E-state index in [1.54, 1.807) is 18.2 Å². The molecule has 1 heterocycles. The van der Waals surface area contributed by atoms with Gasteiger partial charge in [0.25, 0.3) is 5.91 Å². The molecule has 1 saturated heterocycles. The van der Waals surface area contributed by atoms with E-state index in [1.165, 1.54) is 31.2 Å². The first kappa shape index (κ1) is 20.1. The minimum atomic E-state index is -1.37. The second kappa shape index (κ2) is 7.77. The first-order chi connectivity index (χ1) is 13.2. The molecule has 9 heteroatoms. The van der Waals surface area contributed by atoms with Crippen LogP contribution >= 0.6 is 23.2 Å². The molecule has 0 aromatic heterocycles. The molecule has 2 aromatic carbocycles. The van der Waals surface area contributed by atoms with Gasteiger partial charge in [0.2, 0.25) is 5.91 Å². The number of amides is 4. The molecule has 0 saturated carbocycles. The number of benzene rings is 2. The third-order valence-corrected chi connectivity index (χ3v) is 5.08. The fourth-order valence-electron chi connectivity index (χ4n) is 2.88. The van der Waals surface area contributed by atoms with Crippen molar-refractivity contribution in [2.75, 3.05) is 6.54 Å². The van der Waals surface area contributed by atoms with Gasteiger partial charge < -0.3 is 10.6 Å². The Morgan fingerprint density at radius 3 is 2.50 bits per heavy atom. The third-order valence-electron chi connectivity index (χ3n) is 4.49. The number of carbonyl (C=O) groups excluding carboxylic acids is 3. The van der Waals surface area contributed by atoms with E-state index in [0.29, 0.717) is 21.2 Å². The van der Waals surface area contributed by atoms with Gasteiger partial charge in [-0.15, -0.1) is 0 Å². The maximum Gasteiger partial charge on any atom is 0.325 e. The summed E-state index contributed by atoms with van der Waals surface area (Å²) in [4.78, 5) is 38.1. The first-order valence-corrected chi connectivity index (χ1v) is 9.07. The SMILES string of the molecule is CC1(c2ccc(F)cc2)NC(=O)N(CC(=O)NCc2ccc(Cl)cc2Cl)C1=O. The number of halogens is 3. The van der Waals surface area contributed by atoms with Gasteiger partial charge in [-0.05, 0) is 42.3 Å². The van der Waals surface area contributed by atoms with Crippen molar-refractivity contribution >= 4 is 41.0 Å². The van der Waals surface area contributed by atoms with E-state index in [-0.39, 0.29) is 6.54 Å². The Kier molecular flexibility index (Phi) is 5.58. The highest BCUT2D eigenvalue weighted by atomic mass is 35.5. The lowest BCUT2D eigenvalue weighted by atomic mass is 9.92. The van der Waals surface area contributed by atoms with Gasteiger partial charge >= 0.3 is 6.03 Å². The molecule has 1 unspecified atom stereocenters. The van der Waals surface area contributed by atoms with Gasteiger partial charge in [-0.1, -0.05) is 41.4 Å². The average molecular weight is 424 g/mol. The predicted octanol–water partition coefficient (Wildman–Crippen LogP) is 3.22. The molecule has 1 aliphatic heterocycles. The highest BCUT2D eigenvalue weighted by Crippen LogP contribution is 2.28. The summed E-state index contributed by atoms with van der Waals surface area (Å²) in [5.41, 5.74) is -0.305. The molecule has 1 aliphatic rings. The minimum Gasteiger partial charge on any atom is -0.350 e. The summed E-state index contributed by atoms with van der Waals surface area (Å²) < 4.78 is 13.1. The van der Waals surface area contributed by atoms with Gasteiger partial charge in [0, 0.05) is 16.6 Å². The Labute approximate surface area is 170 Å². The van der Waals surface area contributed by atoms with Crippen molar-refractivity contribution < 1.29 is 18.8 Å². The van der Waals surface area contributed by atoms with Crippen LogP contribution in [0.5, 0.6) is 0 Å². The van der Waals surface area contributed by atoms with Crippen LogP contribution in [0, 0.1) is 5.82 Å². The topological polar surface area (TPSA) is 78.5 Å². The van der Waals surface area contributed by atoms with Crippen molar-refractivity contribution in [2.45, 2.75) is 19.0 Å². The quantitative estimate of drug-likeness (QED) is 0.724. The number of urea groups is 1. The van der Waals surface area contributed by atoms with Crippen molar-refractivity contribution in [2.24, 2.45) is 0 Å². The number of nitrogens with one attached hydrogen (secondary N) is 2. The minimum absolute atomic E-state index is 0.119. The van der Waals surface area contributed by atoms with E-state index in [1.807, 2.05) is 0 Å². The number of hydrogen-bond donors (Lipinski definition) is 2. The average Bonchev–Trinajstić information content (AvgIpc) is 2.85. The molecule has 1 atom stereocenters. The molecule has 28 heavy (non-hydrogen) atoms. The Morgan fingerprint density at radius 1 is 1.18 bits per heavy atom. The maximum absolute atomic E-state index is 13.1. The van der Waals surface area contributed by atoms with Crippen LogP contribution in [0.1, 0.15) is 18.1 Å². The Balaban J connectivity index is 1.66. The lowest BCUT2D eigenvalue weighted by Crippen LogP contribution is -2.43. The molecule has 6 nitrogen and oxygen atoms in total. The number of imide groups is 1. The van der Waals surface area contributed by atoms with Gasteiger partial charge in [-0.25, -0.2) is 9.18 Å². The van der Waals surface area contributed by atoms with Crippen LogP contribution < -0.4 is 10.6 Å². The van der Waals surface area contributed by atoms with Crippen LogP contribution in [-0.4, -0.2) is 29.3 Å². The van der Waals surface area contributed by atoms with Crippen molar-refractivity contribution in [3.63, 3.8) is 0 Å². The molecule has 0 spiro atoms. The van der Waals surface area contributed by atoms with Gasteiger partial charge in [-0.2, -0.15) is 0 Å². The van der Waals surface area contributed by atoms with Crippen molar-refractivity contribution in [1.82, 2.24) is 15.5 Å². The maximum atomic E-state index is 13.1. The molecule has 0 aliphatic carbocycles. The second-order valence-electron chi connectivity index (χ2n) is 6.47. The Morgan fingerprint density at radius 2 is 1.86 bits per heavy atom. The fraction of sp³-hybridized carbons (Fsp3) is 0.211. The molecule has 2 N–H and O–H groups in total. The molecule has 4 amide bonds. The van der Waals surface area contributed by atoms with Crippen molar-refractivity contribution in [3.8, 4) is 0 Å². The molecule has 0 radical (unpaired) electrons. The Hall–Kier alpha value is -2.64. The number of carbonyl (C=O) groups is 3. The highest BCUT2D eigenvalue weighted by Gasteiger charge is 2.49. The summed E-state index contributed by atoms with van der Waals surface area (Å²) in [6.45, 7) is 1.17. The van der Waals surface area contributed by atoms with Gasteiger partial charge in [0.1, 0.15) is 17.9 Å². The van der Waals surface area contributed by atoms with Crippen LogP contribution in [0.2, 0.25) is 10.0 Å². The Bertz CT molecular complexity index is 952. The number of nitrogens with zero attached hydrogens (tertiary/aromatic N) is 1. The van der Waals surface area contributed by atoms with E-state index in [0.717, 1.165) is 4.90 Å². The first-order valence-electron chi connectivity index (χ1n) is 8.31. The molecular weight excluding hydrogens is 408 g/mol. The van der Waals surface area contributed by atoms with E-state index in [2.05, 4.69) is 10.6 Å². The van der Waals surface area contributed by atoms with Crippen molar-refractivity contribution in [3.05, 3.63) is 69.5 Å². The smallest absolute Gasteiger partial charge is 0.325 e. The third kappa shape index (κ3) is 3.95. The molecule has 2 aromatic rings. The van der Waals surface area contributed by atoms with Gasteiger partial charge in [0.15, 0.2) is 0 Å². The normalized spacial score (nSPS) is 18.9. The summed E-state index contributed by atoms with van der Waals surface area (Å²) in [6.07, 6.45) is 0. The van der Waals surface area contributed by atoms with Crippen LogP contribution in [0.4, 0.5) is 9.18 Å². The second-order valence-corrected chi connectivity index (χ2v) is 7.31. The zero-order chi connectivity index (χ0) is 20.5. The lowest BCUT2D eigenvalue weighted by Gasteiger charge is -2.22. The molecule has 3 rings (SSSR count). The highest BCUT2D eigenvalue weighted by molar-refractivity contribution is 6.35. The van der Waals surface area contributed by atoms with E-state index < -0.39 is 35.7 Å². The summed E-state index contributed by atoms with van der Waals surface area (Å²) in [6, 6.07) is 9.40. The van der Waals surface area contributed by atoms with E-state index >= 15 is 0 Å². The van der Waals surface area contributed by atoms with Gasteiger partial charge in [-0.3, -0.25) is 14.5 Å². The van der Waals surface area contributed by atoms with Crippen LogP contribution in [-0.2, 0) is 21.7 Å². The van der Waals surface area contributed by atoms with E-state index in [9.17, 15) is 18.8 Å². The lowest BCUT2D eigenvalue weighted by molar-refractivity contribution is -0.134. The fourth-order valence-corrected chi connectivity index (χ4v) is 3.35. The largest absolute Gasteiger partial charge is 0.350 e. The molecular formula is C19H16Cl2FN3O3. The summed E-state index contributed by atoms with van der Waals surface area (Å²) in [5.74, 6) is -1.58. The predicted molar refractivity (Wildman–Crippen MR) is 102 cm³/mol. The molecule has 146 valence electrons. The monoisotopic (exact) mass is 423 g/mol. The van der Waals surface area contributed by atoms with E-state index in [4.69, 9.17) is 23.2 Å². The zero-order valence-corrected chi connectivity index (χ0v) is 16.3. The standard InChI is InChI=1S/C19H16Cl2FN3O3/c1-19(12-3-6-14(22)7-4-12)17(27)25(18(28)24-19)10-16(26)23-9-11-2-5-13(20)8-15(11)21/h2-8H,9-10H2,1H3,(H,23,26)(H,24,28). The summed E-state index contributed by atoms with van der Waals surface area (Å²) >= 11 is 11.9. The van der Waals surface area contributed by atoms with Crippen LogP contribution in [0.3, 0.4) is 0 Å².